The Morgan fingerprint density at radius 3 is 2.68 bits per heavy atom. The van der Waals surface area contributed by atoms with E-state index in [-0.39, 0.29) is 5.91 Å². The summed E-state index contributed by atoms with van der Waals surface area (Å²) in [5, 5.41) is 0. The first-order valence-electron chi connectivity index (χ1n) is 7.29. The first-order valence-corrected chi connectivity index (χ1v) is 7.81. The Morgan fingerprint density at radius 2 is 1.91 bits per heavy atom. The Labute approximate surface area is 131 Å². The van der Waals surface area contributed by atoms with Gasteiger partial charge in [-0.3, -0.25) is 9.20 Å². The highest BCUT2D eigenvalue weighted by Crippen LogP contribution is 2.29. The molecule has 1 aliphatic heterocycles. The Hall–Kier alpha value is -2.19. The molecular weight excluding hydrogens is 293 g/mol. The van der Waals surface area contributed by atoms with Crippen LogP contribution in [0.4, 0.5) is 0 Å². The fraction of sp³-hybridized carbons (Fsp3) is 0.176. The van der Waals surface area contributed by atoms with E-state index in [1.165, 1.54) is 5.56 Å². The molecule has 1 aliphatic rings. The summed E-state index contributed by atoms with van der Waals surface area (Å²) in [6.07, 6.45) is 0.788. The van der Waals surface area contributed by atoms with Gasteiger partial charge in [-0.05, 0) is 28.4 Å². The molecule has 0 radical (unpaired) electrons. The summed E-state index contributed by atoms with van der Waals surface area (Å²) in [5.74, 6) is 0.0159. The molecule has 4 nitrogen and oxygen atoms in total. The summed E-state index contributed by atoms with van der Waals surface area (Å²) in [4.78, 5) is 17.2. The van der Waals surface area contributed by atoms with Crippen molar-refractivity contribution in [3.05, 3.63) is 59.4 Å². The van der Waals surface area contributed by atoms with Gasteiger partial charge in [0.2, 0.25) is 0 Å². The zero-order chi connectivity index (χ0) is 15.3. The Balaban J connectivity index is 2.01. The van der Waals surface area contributed by atoms with E-state index in [0.29, 0.717) is 12.2 Å². The topological polar surface area (TPSA) is 37.6 Å². The molecule has 0 aliphatic carbocycles. The second-order valence-corrected chi connectivity index (χ2v) is 6.25. The van der Waals surface area contributed by atoms with Gasteiger partial charge in [-0.25, -0.2) is 4.98 Å². The predicted molar refractivity (Wildman–Crippen MR) is 89.8 cm³/mol. The lowest BCUT2D eigenvalue weighted by atomic mass is 10.1. The zero-order valence-electron chi connectivity index (χ0n) is 12.3. The Morgan fingerprint density at radius 1 is 1.14 bits per heavy atom. The van der Waals surface area contributed by atoms with Crippen molar-refractivity contribution in [3.63, 3.8) is 0 Å². The molecule has 0 saturated heterocycles. The van der Waals surface area contributed by atoms with Crippen molar-refractivity contribution in [2.75, 3.05) is 6.54 Å². The second kappa shape index (κ2) is 4.92. The number of hydrogen-bond acceptors (Lipinski definition) is 2. The molecule has 3 aromatic rings. The Bertz CT molecular complexity index is 883. The van der Waals surface area contributed by atoms with Crippen LogP contribution in [0.1, 0.15) is 21.7 Å². The van der Waals surface area contributed by atoms with Gasteiger partial charge in [0.15, 0.2) is 0 Å². The van der Waals surface area contributed by atoms with Crippen LogP contribution < -0.4 is 0 Å². The summed E-state index contributed by atoms with van der Waals surface area (Å²) < 4.78 is 3.70. The molecule has 1 amide bonds. The van der Waals surface area contributed by atoms with E-state index in [1.54, 1.807) is 4.67 Å². The fourth-order valence-corrected chi connectivity index (χ4v) is 3.23. The van der Waals surface area contributed by atoms with Crippen LogP contribution in [0, 0.1) is 6.92 Å². The van der Waals surface area contributed by atoms with Gasteiger partial charge >= 0.3 is 0 Å². The number of benzene rings is 1. The minimum atomic E-state index is 0.0159. The molecule has 22 heavy (non-hydrogen) atoms. The lowest BCUT2D eigenvalue weighted by molar-refractivity contribution is 0.0870. The summed E-state index contributed by atoms with van der Waals surface area (Å²) in [5.41, 5.74) is 5.90. The van der Waals surface area contributed by atoms with E-state index in [1.807, 2.05) is 22.6 Å². The summed E-state index contributed by atoms with van der Waals surface area (Å²) >= 11 is 0. The number of carbonyl (C=O) groups excluding carboxylic acids is 1. The van der Waals surface area contributed by atoms with Crippen LogP contribution in [-0.4, -0.2) is 26.5 Å². The van der Waals surface area contributed by atoms with Gasteiger partial charge < -0.3 is 4.67 Å². The largest absolute Gasteiger partial charge is 0.322 e. The lowest BCUT2D eigenvalue weighted by Gasteiger charge is -2.13. The quantitative estimate of drug-likeness (QED) is 0.648. The van der Waals surface area contributed by atoms with Gasteiger partial charge in [0.25, 0.3) is 5.91 Å². The molecule has 1 unspecified atom stereocenters. The van der Waals surface area contributed by atoms with E-state index >= 15 is 0 Å². The van der Waals surface area contributed by atoms with E-state index in [9.17, 15) is 4.79 Å². The molecular formula is C17H16N3OP. The predicted octanol–water partition coefficient (Wildman–Crippen LogP) is 3.10. The van der Waals surface area contributed by atoms with Crippen LogP contribution in [0.25, 0.3) is 16.9 Å². The monoisotopic (exact) mass is 309 g/mol. The molecule has 2 aromatic heterocycles. The van der Waals surface area contributed by atoms with Gasteiger partial charge in [0, 0.05) is 18.5 Å². The number of rotatable bonds is 1. The molecule has 110 valence electrons. The normalized spacial score (nSPS) is 14.5. The molecule has 0 N–H and O–H groups in total. The van der Waals surface area contributed by atoms with Crippen LogP contribution in [-0.2, 0) is 6.42 Å². The van der Waals surface area contributed by atoms with Gasteiger partial charge in [0.05, 0.1) is 11.4 Å². The van der Waals surface area contributed by atoms with Crippen LogP contribution in [0.15, 0.2) is 42.5 Å². The average Bonchev–Trinajstić information content (AvgIpc) is 2.85. The number of aromatic nitrogens is 2. The summed E-state index contributed by atoms with van der Waals surface area (Å²) in [6, 6.07) is 14.1. The summed E-state index contributed by atoms with van der Waals surface area (Å²) in [7, 11) is 2.52. The smallest absolute Gasteiger partial charge is 0.273 e. The van der Waals surface area contributed by atoms with Crippen LogP contribution >= 0.6 is 9.39 Å². The third kappa shape index (κ3) is 1.95. The molecule has 4 rings (SSSR count). The van der Waals surface area contributed by atoms with E-state index < -0.39 is 0 Å². The van der Waals surface area contributed by atoms with Crippen molar-refractivity contribution in [2.24, 2.45) is 0 Å². The lowest BCUT2D eigenvalue weighted by Crippen LogP contribution is -2.21. The molecule has 1 aromatic carbocycles. The molecule has 0 saturated carbocycles. The highest BCUT2D eigenvalue weighted by molar-refractivity contribution is 7.14. The Kier molecular flexibility index (Phi) is 3.02. The summed E-state index contributed by atoms with van der Waals surface area (Å²) in [6.45, 7) is 2.75. The standard InChI is InChI=1S/C17H16N3OP/c1-11-5-7-12(8-6-11)16-13-9-10-19(22)17(21)14-3-2-4-15(18-16)20(13)14/h2-8H,9-10,22H2,1H3. The van der Waals surface area contributed by atoms with Crippen LogP contribution in [0.2, 0.25) is 0 Å². The molecule has 0 spiro atoms. The van der Waals surface area contributed by atoms with E-state index in [2.05, 4.69) is 40.6 Å². The van der Waals surface area contributed by atoms with Gasteiger partial charge in [0.1, 0.15) is 11.3 Å². The van der Waals surface area contributed by atoms with Crippen molar-refractivity contribution in [3.8, 4) is 11.3 Å². The van der Waals surface area contributed by atoms with E-state index in [4.69, 9.17) is 4.98 Å². The fourth-order valence-electron chi connectivity index (χ4n) is 2.97. The SMILES string of the molecule is Cc1ccc(-c2nc3cccc4n3c2CCN(P)C4=O)cc1. The van der Waals surface area contributed by atoms with Crippen molar-refractivity contribution in [1.29, 1.82) is 0 Å². The average molecular weight is 309 g/mol. The molecule has 0 bridgehead atoms. The maximum absolute atomic E-state index is 12.5. The number of aryl methyl sites for hydroxylation is 1. The van der Waals surface area contributed by atoms with Crippen molar-refractivity contribution < 1.29 is 4.79 Å². The van der Waals surface area contributed by atoms with Crippen molar-refractivity contribution >= 4 is 20.9 Å². The first-order chi connectivity index (χ1) is 10.6. The van der Waals surface area contributed by atoms with Crippen molar-refractivity contribution in [2.45, 2.75) is 13.3 Å². The molecule has 1 atom stereocenters. The molecule has 5 heteroatoms. The van der Waals surface area contributed by atoms with Gasteiger partial charge in [-0.15, -0.1) is 0 Å². The number of nitrogens with zero attached hydrogens (tertiary/aromatic N) is 3. The third-order valence-electron chi connectivity index (χ3n) is 4.13. The second-order valence-electron chi connectivity index (χ2n) is 5.63. The van der Waals surface area contributed by atoms with Gasteiger partial charge in [-0.2, -0.15) is 0 Å². The molecule has 3 heterocycles. The third-order valence-corrected chi connectivity index (χ3v) is 4.63. The highest BCUT2D eigenvalue weighted by atomic mass is 31.0. The van der Waals surface area contributed by atoms with Crippen LogP contribution in [0.3, 0.4) is 0 Å². The number of hydrogen-bond donors (Lipinski definition) is 0. The minimum Gasteiger partial charge on any atom is -0.322 e. The zero-order valence-corrected chi connectivity index (χ0v) is 13.4. The maximum Gasteiger partial charge on any atom is 0.273 e. The first kappa shape index (κ1) is 13.5. The molecule has 0 fully saturated rings. The van der Waals surface area contributed by atoms with E-state index in [0.717, 1.165) is 29.0 Å². The number of carbonyl (C=O) groups is 1. The minimum absolute atomic E-state index is 0.0159. The highest BCUT2D eigenvalue weighted by Gasteiger charge is 2.24. The van der Waals surface area contributed by atoms with Crippen molar-refractivity contribution in [1.82, 2.24) is 14.1 Å². The van der Waals surface area contributed by atoms with Gasteiger partial charge in [-0.1, -0.05) is 35.9 Å². The number of amides is 1. The van der Waals surface area contributed by atoms with Crippen LogP contribution in [0.5, 0.6) is 0 Å². The number of imidazole rings is 1. The number of pyridine rings is 1. The maximum atomic E-state index is 12.5.